The molecule has 2 aliphatic carbocycles. The van der Waals surface area contributed by atoms with Gasteiger partial charge in [0.15, 0.2) is 0 Å². The van der Waals surface area contributed by atoms with Crippen molar-refractivity contribution in [2.75, 3.05) is 39.3 Å². The SMILES string of the molecule is CCN(CC)C(=O)C1[C@H]2CN(C3CCC4(C3)CN(C(=O)O)C4)C[C@@H]12. The third-order valence-electron chi connectivity index (χ3n) is 7.10. The van der Waals surface area contributed by atoms with E-state index in [9.17, 15) is 9.59 Å². The molecule has 24 heavy (non-hydrogen) atoms. The van der Waals surface area contributed by atoms with Gasteiger partial charge in [0.2, 0.25) is 5.91 Å². The first kappa shape index (κ1) is 16.2. The second kappa shape index (κ2) is 5.61. The van der Waals surface area contributed by atoms with Crippen LogP contribution in [0.25, 0.3) is 0 Å². The summed E-state index contributed by atoms with van der Waals surface area (Å²) in [7, 11) is 0. The first-order chi connectivity index (χ1) is 11.5. The highest BCUT2D eigenvalue weighted by Crippen LogP contribution is 2.55. The van der Waals surface area contributed by atoms with Crippen LogP contribution in [0.2, 0.25) is 0 Å². The first-order valence-electron chi connectivity index (χ1n) is 9.48. The fourth-order valence-electron chi connectivity index (χ4n) is 5.64. The van der Waals surface area contributed by atoms with Crippen LogP contribution in [0.1, 0.15) is 33.1 Å². The van der Waals surface area contributed by atoms with Gasteiger partial charge in [0, 0.05) is 56.6 Å². The van der Waals surface area contributed by atoms with E-state index in [1.54, 1.807) is 4.90 Å². The lowest BCUT2D eigenvalue weighted by molar-refractivity contribution is -0.133. The average molecular weight is 335 g/mol. The Morgan fingerprint density at radius 2 is 1.79 bits per heavy atom. The van der Waals surface area contributed by atoms with Crippen LogP contribution in [0, 0.1) is 23.2 Å². The molecule has 2 saturated heterocycles. The largest absolute Gasteiger partial charge is 0.465 e. The van der Waals surface area contributed by atoms with E-state index in [4.69, 9.17) is 5.11 Å². The maximum atomic E-state index is 12.5. The van der Waals surface area contributed by atoms with Crippen molar-refractivity contribution in [1.29, 1.82) is 0 Å². The molecule has 0 bridgehead atoms. The monoisotopic (exact) mass is 335 g/mol. The Morgan fingerprint density at radius 3 is 2.33 bits per heavy atom. The summed E-state index contributed by atoms with van der Waals surface area (Å²) in [5.41, 5.74) is 0.256. The predicted molar refractivity (Wildman–Crippen MR) is 89.6 cm³/mol. The summed E-state index contributed by atoms with van der Waals surface area (Å²) in [5, 5.41) is 9.04. The molecule has 6 nitrogen and oxygen atoms in total. The van der Waals surface area contributed by atoms with E-state index in [2.05, 4.69) is 18.7 Å². The number of carbonyl (C=O) groups excluding carboxylic acids is 1. The number of rotatable bonds is 4. The molecule has 4 aliphatic rings. The lowest BCUT2D eigenvalue weighted by Crippen LogP contribution is -2.57. The zero-order chi connectivity index (χ0) is 17.1. The van der Waals surface area contributed by atoms with Gasteiger partial charge in [-0.25, -0.2) is 4.79 Å². The van der Waals surface area contributed by atoms with E-state index in [1.807, 2.05) is 4.90 Å². The molecule has 2 aliphatic heterocycles. The fraction of sp³-hybridized carbons (Fsp3) is 0.889. The third kappa shape index (κ3) is 2.41. The molecule has 4 atom stereocenters. The van der Waals surface area contributed by atoms with E-state index in [1.165, 1.54) is 6.42 Å². The van der Waals surface area contributed by atoms with Crippen molar-refractivity contribution in [3.8, 4) is 0 Å². The molecule has 6 heteroatoms. The first-order valence-corrected chi connectivity index (χ1v) is 9.48. The van der Waals surface area contributed by atoms with Crippen molar-refractivity contribution in [1.82, 2.24) is 14.7 Å². The lowest BCUT2D eigenvalue weighted by atomic mass is 9.78. The number of hydrogen-bond acceptors (Lipinski definition) is 3. The van der Waals surface area contributed by atoms with Crippen molar-refractivity contribution >= 4 is 12.0 Å². The topological polar surface area (TPSA) is 64.1 Å². The Morgan fingerprint density at radius 1 is 1.17 bits per heavy atom. The minimum absolute atomic E-state index is 0.256. The molecular formula is C18H29N3O3. The number of carboxylic acid groups (broad SMARTS) is 1. The van der Waals surface area contributed by atoms with Gasteiger partial charge in [-0.2, -0.15) is 0 Å². The summed E-state index contributed by atoms with van der Waals surface area (Å²) < 4.78 is 0. The minimum Gasteiger partial charge on any atom is -0.465 e. The number of carbonyl (C=O) groups is 2. The van der Waals surface area contributed by atoms with Crippen molar-refractivity contribution in [2.24, 2.45) is 23.2 Å². The van der Waals surface area contributed by atoms with Crippen molar-refractivity contribution in [3.63, 3.8) is 0 Å². The predicted octanol–water partition coefficient (Wildman–Crippen LogP) is 1.57. The van der Waals surface area contributed by atoms with E-state index in [0.717, 1.165) is 52.1 Å². The molecule has 0 aromatic rings. The van der Waals surface area contributed by atoms with Crippen LogP contribution >= 0.6 is 0 Å². The summed E-state index contributed by atoms with van der Waals surface area (Å²) in [6, 6.07) is 0.609. The molecule has 2 saturated carbocycles. The Bertz CT molecular complexity index is 530. The Labute approximate surface area is 143 Å². The van der Waals surface area contributed by atoms with Gasteiger partial charge >= 0.3 is 6.09 Å². The molecular weight excluding hydrogens is 306 g/mol. The minimum atomic E-state index is -0.774. The number of piperidine rings is 1. The van der Waals surface area contributed by atoms with E-state index < -0.39 is 6.09 Å². The molecule has 0 aromatic carbocycles. The maximum absolute atomic E-state index is 12.5. The van der Waals surface area contributed by atoms with Gasteiger partial charge < -0.3 is 14.9 Å². The zero-order valence-corrected chi connectivity index (χ0v) is 14.8. The summed E-state index contributed by atoms with van der Waals surface area (Å²) >= 11 is 0. The van der Waals surface area contributed by atoms with Crippen molar-refractivity contribution in [3.05, 3.63) is 0 Å². The fourth-order valence-corrected chi connectivity index (χ4v) is 5.64. The third-order valence-corrected chi connectivity index (χ3v) is 7.10. The number of nitrogens with zero attached hydrogens (tertiary/aromatic N) is 3. The smallest absolute Gasteiger partial charge is 0.407 e. The highest BCUT2D eigenvalue weighted by molar-refractivity contribution is 5.82. The Kier molecular flexibility index (Phi) is 3.79. The Balaban J connectivity index is 1.27. The van der Waals surface area contributed by atoms with Gasteiger partial charge in [0.05, 0.1) is 0 Å². The van der Waals surface area contributed by atoms with Crippen LogP contribution in [-0.4, -0.2) is 77.1 Å². The number of fused-ring (bicyclic) bond motifs is 1. The second-order valence-electron chi connectivity index (χ2n) is 8.35. The van der Waals surface area contributed by atoms with Crippen LogP contribution in [0.4, 0.5) is 4.79 Å². The van der Waals surface area contributed by atoms with Crippen molar-refractivity contribution in [2.45, 2.75) is 39.2 Å². The number of likely N-dealkylation sites (tertiary alicyclic amines) is 2. The van der Waals surface area contributed by atoms with Gasteiger partial charge in [-0.1, -0.05) is 0 Å². The summed E-state index contributed by atoms with van der Waals surface area (Å²) in [6.07, 6.45) is 2.73. The normalized spacial score (nSPS) is 36.5. The van der Waals surface area contributed by atoms with Gasteiger partial charge in [0.1, 0.15) is 0 Å². The van der Waals surface area contributed by atoms with E-state index in [0.29, 0.717) is 23.8 Å². The van der Waals surface area contributed by atoms with Gasteiger partial charge in [0.25, 0.3) is 0 Å². The number of hydrogen-bond donors (Lipinski definition) is 1. The summed E-state index contributed by atoms with van der Waals surface area (Å²) in [6.45, 7) is 9.36. The molecule has 2 unspecified atom stereocenters. The molecule has 2 heterocycles. The van der Waals surface area contributed by atoms with Crippen LogP contribution in [0.3, 0.4) is 0 Å². The van der Waals surface area contributed by atoms with Gasteiger partial charge in [-0.05, 0) is 44.9 Å². The standard InChI is InChI=1S/C18H29N3O3/c1-3-19(4-2)16(22)15-13-8-20(9-14(13)15)12-5-6-18(7-12)10-21(11-18)17(23)24/h12-15H,3-11H2,1-2H3,(H,23,24)/t12?,13-,14+,15?. The molecule has 4 rings (SSSR count). The zero-order valence-electron chi connectivity index (χ0n) is 14.8. The Hall–Kier alpha value is -1.30. The van der Waals surface area contributed by atoms with Crippen LogP contribution in [0.5, 0.6) is 0 Å². The summed E-state index contributed by atoms with van der Waals surface area (Å²) in [5.74, 6) is 1.80. The highest BCUT2D eigenvalue weighted by Gasteiger charge is 2.62. The molecule has 0 aromatic heterocycles. The van der Waals surface area contributed by atoms with Crippen molar-refractivity contribution < 1.29 is 14.7 Å². The van der Waals surface area contributed by atoms with Gasteiger partial charge in [-0.3, -0.25) is 9.69 Å². The van der Waals surface area contributed by atoms with Crippen LogP contribution in [-0.2, 0) is 4.79 Å². The molecule has 134 valence electrons. The lowest BCUT2D eigenvalue weighted by Gasteiger charge is -2.47. The summed E-state index contributed by atoms with van der Waals surface area (Å²) in [4.78, 5) is 29.6. The number of amides is 2. The quantitative estimate of drug-likeness (QED) is 0.847. The molecule has 4 fully saturated rings. The highest BCUT2D eigenvalue weighted by atomic mass is 16.4. The van der Waals surface area contributed by atoms with Crippen LogP contribution < -0.4 is 0 Å². The molecule has 1 N–H and O–H groups in total. The van der Waals surface area contributed by atoms with E-state index >= 15 is 0 Å². The molecule has 1 spiro atoms. The van der Waals surface area contributed by atoms with Crippen LogP contribution in [0.15, 0.2) is 0 Å². The van der Waals surface area contributed by atoms with E-state index in [-0.39, 0.29) is 11.3 Å². The molecule has 2 amide bonds. The average Bonchev–Trinajstić information content (AvgIpc) is 2.92. The second-order valence-corrected chi connectivity index (χ2v) is 8.35. The van der Waals surface area contributed by atoms with Gasteiger partial charge in [-0.15, -0.1) is 0 Å². The molecule has 0 radical (unpaired) electrons. The maximum Gasteiger partial charge on any atom is 0.407 e.